The van der Waals surface area contributed by atoms with Crippen LogP contribution in [-0.2, 0) is 11.3 Å². The summed E-state index contributed by atoms with van der Waals surface area (Å²) in [6, 6.07) is 13.8. The van der Waals surface area contributed by atoms with E-state index < -0.39 is 12.0 Å². The molecule has 0 aliphatic heterocycles. The van der Waals surface area contributed by atoms with E-state index in [1.807, 2.05) is 6.92 Å². The Hall–Kier alpha value is -3.43. The Labute approximate surface area is 202 Å². The second-order valence-electron chi connectivity index (χ2n) is 7.70. The number of halogens is 1. The van der Waals surface area contributed by atoms with Crippen LogP contribution in [0.5, 0.6) is 5.75 Å². The molecule has 2 amide bonds. The van der Waals surface area contributed by atoms with Gasteiger partial charge in [-0.1, -0.05) is 29.7 Å². The van der Waals surface area contributed by atoms with E-state index >= 15 is 0 Å². The predicted molar refractivity (Wildman–Crippen MR) is 126 cm³/mol. The minimum Gasteiger partial charge on any atom is -0.494 e. The summed E-state index contributed by atoms with van der Waals surface area (Å²) in [4.78, 5) is 29.0. The lowest BCUT2D eigenvalue weighted by atomic mass is 10.0. The molecule has 0 fully saturated rings. The van der Waals surface area contributed by atoms with Crippen LogP contribution in [0.1, 0.15) is 36.5 Å². The van der Waals surface area contributed by atoms with E-state index in [0.717, 1.165) is 5.56 Å². The summed E-state index contributed by atoms with van der Waals surface area (Å²) in [5.74, 6) is 0.153. The molecule has 2 aromatic carbocycles. The van der Waals surface area contributed by atoms with E-state index in [0.29, 0.717) is 28.8 Å². The van der Waals surface area contributed by atoms with E-state index in [2.05, 4.69) is 20.8 Å². The van der Waals surface area contributed by atoms with E-state index in [1.165, 1.54) is 0 Å². The average molecular weight is 487 g/mol. The van der Waals surface area contributed by atoms with Crippen LogP contribution in [-0.4, -0.2) is 46.3 Å². The molecule has 1 aromatic heterocycles. The number of amides is 2. The average Bonchev–Trinajstić information content (AvgIpc) is 3.31. The third kappa shape index (κ3) is 7.29. The Morgan fingerprint density at radius 2 is 1.94 bits per heavy atom. The van der Waals surface area contributed by atoms with Crippen LogP contribution in [0.25, 0.3) is 11.4 Å². The number of nitrogens with one attached hydrogen (secondary N) is 2. The topological polar surface area (TPSA) is 127 Å². The van der Waals surface area contributed by atoms with Gasteiger partial charge in [0.15, 0.2) is 0 Å². The molecule has 10 heteroatoms. The van der Waals surface area contributed by atoms with Gasteiger partial charge < -0.3 is 25.0 Å². The van der Waals surface area contributed by atoms with Crippen LogP contribution in [0.2, 0.25) is 5.02 Å². The minimum absolute atomic E-state index is 0.0173. The number of rotatable bonds is 11. The standard InChI is InChI=1S/C24H27ClN4O5/c1-3-33-20-6-4-5-17(12-20)24(32)26-13-19(30)11-15(2)23(31)27-14-21-28-22(29-34-21)16-7-9-18(25)10-8-16/h4-10,12,15,19,30H,3,11,13-14H2,1-2H3,(H,26,32)(H,27,31)/t15-,19+/m0/s1. The Morgan fingerprint density at radius 3 is 2.68 bits per heavy atom. The molecule has 3 rings (SSSR count). The molecule has 180 valence electrons. The number of hydrogen-bond acceptors (Lipinski definition) is 7. The summed E-state index contributed by atoms with van der Waals surface area (Å²) in [6.07, 6.45) is -0.718. The number of aliphatic hydroxyl groups excluding tert-OH is 1. The maximum Gasteiger partial charge on any atom is 0.251 e. The Morgan fingerprint density at radius 1 is 1.18 bits per heavy atom. The van der Waals surface area contributed by atoms with Gasteiger partial charge in [-0.2, -0.15) is 4.98 Å². The summed E-state index contributed by atoms with van der Waals surface area (Å²) in [5, 5.41) is 20.2. The molecule has 9 nitrogen and oxygen atoms in total. The van der Waals surface area contributed by atoms with Crippen LogP contribution in [0, 0.1) is 5.92 Å². The van der Waals surface area contributed by atoms with Crippen molar-refractivity contribution in [3.05, 3.63) is 65.0 Å². The first-order valence-corrected chi connectivity index (χ1v) is 11.3. The van der Waals surface area contributed by atoms with Crippen LogP contribution >= 0.6 is 11.6 Å². The molecule has 0 spiro atoms. The quantitative estimate of drug-likeness (QED) is 0.379. The summed E-state index contributed by atoms with van der Waals surface area (Å²) >= 11 is 5.88. The molecule has 0 saturated carbocycles. The SMILES string of the molecule is CCOc1cccc(C(=O)NC[C@H](O)C[C@H](C)C(=O)NCc2nc(-c3ccc(Cl)cc3)no2)c1. The van der Waals surface area contributed by atoms with Crippen molar-refractivity contribution in [1.29, 1.82) is 0 Å². The fourth-order valence-corrected chi connectivity index (χ4v) is 3.31. The van der Waals surface area contributed by atoms with Crippen molar-refractivity contribution in [2.24, 2.45) is 5.92 Å². The first-order chi connectivity index (χ1) is 16.4. The van der Waals surface area contributed by atoms with Gasteiger partial charge in [-0.25, -0.2) is 0 Å². The van der Waals surface area contributed by atoms with E-state index in [4.69, 9.17) is 20.9 Å². The Kier molecular flexibility index (Phi) is 9.00. The van der Waals surface area contributed by atoms with Gasteiger partial charge in [0.25, 0.3) is 5.91 Å². The normalized spacial score (nSPS) is 12.6. The molecule has 0 aliphatic rings. The van der Waals surface area contributed by atoms with Crippen molar-refractivity contribution in [3.8, 4) is 17.1 Å². The zero-order valence-electron chi connectivity index (χ0n) is 19.0. The van der Waals surface area contributed by atoms with E-state index in [9.17, 15) is 14.7 Å². The lowest BCUT2D eigenvalue weighted by molar-refractivity contribution is -0.125. The largest absolute Gasteiger partial charge is 0.494 e. The number of benzene rings is 2. The van der Waals surface area contributed by atoms with Gasteiger partial charge in [0, 0.05) is 28.6 Å². The number of aliphatic hydroxyl groups is 1. The molecular formula is C24H27ClN4O5. The molecule has 0 unspecified atom stereocenters. The molecule has 0 radical (unpaired) electrons. The third-order valence-electron chi connectivity index (χ3n) is 4.96. The lowest BCUT2D eigenvalue weighted by Gasteiger charge is -2.16. The first-order valence-electron chi connectivity index (χ1n) is 10.9. The number of nitrogens with zero attached hydrogens (tertiary/aromatic N) is 2. The second kappa shape index (κ2) is 12.2. The molecule has 0 bridgehead atoms. The maximum absolute atomic E-state index is 12.4. The zero-order valence-corrected chi connectivity index (χ0v) is 19.7. The summed E-state index contributed by atoms with van der Waals surface area (Å²) < 4.78 is 10.6. The molecule has 0 saturated heterocycles. The Bertz CT molecular complexity index is 1100. The summed E-state index contributed by atoms with van der Waals surface area (Å²) in [7, 11) is 0. The lowest BCUT2D eigenvalue weighted by Crippen LogP contribution is -2.36. The van der Waals surface area contributed by atoms with Gasteiger partial charge in [0.2, 0.25) is 17.6 Å². The van der Waals surface area contributed by atoms with Gasteiger partial charge in [0.05, 0.1) is 19.3 Å². The van der Waals surface area contributed by atoms with E-state index in [1.54, 1.807) is 55.5 Å². The van der Waals surface area contributed by atoms with Crippen molar-refractivity contribution in [3.63, 3.8) is 0 Å². The van der Waals surface area contributed by atoms with Crippen LogP contribution < -0.4 is 15.4 Å². The highest BCUT2D eigenvalue weighted by atomic mass is 35.5. The number of carbonyl (C=O) groups excluding carboxylic acids is 2. The Balaban J connectivity index is 1.42. The summed E-state index contributed by atoms with van der Waals surface area (Å²) in [5.41, 5.74) is 1.18. The van der Waals surface area contributed by atoms with Crippen molar-refractivity contribution in [2.45, 2.75) is 32.9 Å². The van der Waals surface area contributed by atoms with E-state index in [-0.39, 0.29) is 37.2 Å². The molecule has 0 aliphatic carbocycles. The smallest absolute Gasteiger partial charge is 0.251 e. The maximum atomic E-state index is 12.4. The van der Waals surface area contributed by atoms with Gasteiger partial charge >= 0.3 is 0 Å². The van der Waals surface area contributed by atoms with Crippen molar-refractivity contribution < 1.29 is 24.0 Å². The van der Waals surface area contributed by atoms with Crippen LogP contribution in [0.3, 0.4) is 0 Å². The minimum atomic E-state index is -0.889. The highest BCUT2D eigenvalue weighted by Gasteiger charge is 2.19. The molecular weight excluding hydrogens is 460 g/mol. The monoisotopic (exact) mass is 486 g/mol. The number of carbonyl (C=O) groups is 2. The first kappa shape index (κ1) is 25.2. The van der Waals surface area contributed by atoms with Crippen molar-refractivity contribution in [1.82, 2.24) is 20.8 Å². The fraction of sp³-hybridized carbons (Fsp3) is 0.333. The fourth-order valence-electron chi connectivity index (χ4n) is 3.18. The predicted octanol–water partition coefficient (Wildman–Crippen LogP) is 3.22. The van der Waals surface area contributed by atoms with Gasteiger partial charge in [-0.15, -0.1) is 0 Å². The molecule has 3 aromatic rings. The third-order valence-corrected chi connectivity index (χ3v) is 5.22. The van der Waals surface area contributed by atoms with Crippen LogP contribution in [0.4, 0.5) is 0 Å². The molecule has 3 N–H and O–H groups in total. The molecule has 2 atom stereocenters. The van der Waals surface area contributed by atoms with Gasteiger partial charge in [-0.3, -0.25) is 9.59 Å². The highest BCUT2D eigenvalue weighted by Crippen LogP contribution is 2.19. The second-order valence-corrected chi connectivity index (χ2v) is 8.13. The summed E-state index contributed by atoms with van der Waals surface area (Å²) in [6.45, 7) is 4.13. The number of aromatic nitrogens is 2. The zero-order chi connectivity index (χ0) is 24.5. The van der Waals surface area contributed by atoms with Crippen LogP contribution in [0.15, 0.2) is 53.1 Å². The number of hydrogen-bond donors (Lipinski definition) is 3. The molecule has 34 heavy (non-hydrogen) atoms. The molecule has 1 heterocycles. The van der Waals surface area contributed by atoms with Gasteiger partial charge in [0.1, 0.15) is 5.75 Å². The highest BCUT2D eigenvalue weighted by molar-refractivity contribution is 6.30. The number of ether oxygens (including phenoxy) is 1. The van der Waals surface area contributed by atoms with Crippen molar-refractivity contribution >= 4 is 23.4 Å². The van der Waals surface area contributed by atoms with Gasteiger partial charge in [-0.05, 0) is 55.8 Å². The van der Waals surface area contributed by atoms with Crippen molar-refractivity contribution in [2.75, 3.05) is 13.2 Å².